The fourth-order valence-corrected chi connectivity index (χ4v) is 4.86. The highest BCUT2D eigenvalue weighted by Crippen LogP contribution is 2.44. The van der Waals surface area contributed by atoms with E-state index in [-0.39, 0.29) is 11.4 Å². The molecule has 0 saturated heterocycles. The summed E-state index contributed by atoms with van der Waals surface area (Å²) in [5, 5.41) is 4.16. The molecule has 1 heterocycles. The Kier molecular flexibility index (Phi) is 5.94. The van der Waals surface area contributed by atoms with Crippen LogP contribution in [-0.2, 0) is 0 Å². The zero-order valence-corrected chi connectivity index (χ0v) is 18.7. The van der Waals surface area contributed by atoms with Crippen LogP contribution in [0.1, 0.15) is 68.4 Å². The standard InChI is InChI=1S/C23H28BrN3O/c1-15(2)27-21-11-10-17(12-19(21)16(3)13-23(27,4)5)14-25-26-22(28)18-8-6-7-9-20(18)24/h6-12,14-16H,13H2,1-5H3,(H,26,28)/b25-14+. The van der Waals surface area contributed by atoms with Gasteiger partial charge in [0.2, 0.25) is 0 Å². The lowest BCUT2D eigenvalue weighted by atomic mass is 9.79. The maximum atomic E-state index is 12.3. The lowest BCUT2D eigenvalue weighted by molar-refractivity contribution is 0.0954. The molecule has 0 aliphatic carbocycles. The molecule has 1 amide bonds. The first-order valence-electron chi connectivity index (χ1n) is 9.72. The van der Waals surface area contributed by atoms with Crippen LogP contribution >= 0.6 is 15.9 Å². The van der Waals surface area contributed by atoms with Crippen LogP contribution in [0.3, 0.4) is 0 Å². The van der Waals surface area contributed by atoms with Gasteiger partial charge in [0, 0.05) is 21.7 Å². The van der Waals surface area contributed by atoms with Crippen molar-refractivity contribution >= 4 is 33.7 Å². The number of carbonyl (C=O) groups is 1. The highest BCUT2D eigenvalue weighted by atomic mass is 79.9. The van der Waals surface area contributed by atoms with Crippen LogP contribution in [0, 0.1) is 0 Å². The lowest BCUT2D eigenvalue weighted by Crippen LogP contribution is -2.51. The van der Waals surface area contributed by atoms with Crippen molar-refractivity contribution < 1.29 is 4.79 Å². The minimum atomic E-state index is -0.234. The fourth-order valence-electron chi connectivity index (χ4n) is 4.40. The summed E-state index contributed by atoms with van der Waals surface area (Å²) >= 11 is 3.39. The van der Waals surface area contributed by atoms with Crippen molar-refractivity contribution in [1.82, 2.24) is 5.43 Å². The third kappa shape index (κ3) is 4.14. The van der Waals surface area contributed by atoms with Gasteiger partial charge in [-0.25, -0.2) is 5.43 Å². The molecule has 3 rings (SSSR count). The predicted molar refractivity (Wildman–Crippen MR) is 120 cm³/mol. The van der Waals surface area contributed by atoms with E-state index < -0.39 is 0 Å². The monoisotopic (exact) mass is 441 g/mol. The minimum absolute atomic E-state index is 0.132. The van der Waals surface area contributed by atoms with Gasteiger partial charge < -0.3 is 4.90 Å². The van der Waals surface area contributed by atoms with Gasteiger partial charge in [-0.1, -0.05) is 25.1 Å². The molecule has 5 heteroatoms. The normalized spacial score (nSPS) is 18.4. The number of rotatable bonds is 4. The molecule has 1 aliphatic rings. The molecule has 4 nitrogen and oxygen atoms in total. The van der Waals surface area contributed by atoms with Crippen molar-refractivity contribution in [3.63, 3.8) is 0 Å². The molecule has 1 atom stereocenters. The molecule has 148 valence electrons. The van der Waals surface area contributed by atoms with Crippen molar-refractivity contribution in [3.8, 4) is 0 Å². The lowest BCUT2D eigenvalue weighted by Gasteiger charge is -2.50. The Bertz CT molecular complexity index is 904. The van der Waals surface area contributed by atoms with E-state index in [2.05, 4.69) is 84.2 Å². The molecule has 0 bridgehead atoms. The van der Waals surface area contributed by atoms with Crippen molar-refractivity contribution in [2.75, 3.05) is 4.90 Å². The van der Waals surface area contributed by atoms with E-state index in [0.29, 0.717) is 17.5 Å². The Morgan fingerprint density at radius 2 is 2.00 bits per heavy atom. The van der Waals surface area contributed by atoms with Gasteiger partial charge in [0.15, 0.2) is 0 Å². The molecule has 0 aromatic heterocycles. The van der Waals surface area contributed by atoms with Gasteiger partial charge in [0.25, 0.3) is 5.91 Å². The van der Waals surface area contributed by atoms with Gasteiger partial charge in [-0.15, -0.1) is 0 Å². The second kappa shape index (κ2) is 8.08. The van der Waals surface area contributed by atoms with E-state index >= 15 is 0 Å². The van der Waals surface area contributed by atoms with E-state index in [1.165, 1.54) is 11.3 Å². The quantitative estimate of drug-likeness (QED) is 0.487. The van der Waals surface area contributed by atoms with Crippen LogP contribution in [0.25, 0.3) is 0 Å². The molecule has 0 fully saturated rings. The van der Waals surface area contributed by atoms with Crippen molar-refractivity contribution in [3.05, 3.63) is 63.6 Å². The van der Waals surface area contributed by atoms with Crippen LogP contribution in [-0.4, -0.2) is 23.7 Å². The first-order chi connectivity index (χ1) is 13.2. The van der Waals surface area contributed by atoms with E-state index in [9.17, 15) is 4.79 Å². The number of fused-ring (bicyclic) bond motifs is 1. The third-order valence-corrected chi connectivity index (χ3v) is 6.01. The van der Waals surface area contributed by atoms with Gasteiger partial charge in [-0.2, -0.15) is 5.10 Å². The molecule has 0 saturated carbocycles. The first kappa shape index (κ1) is 20.6. The minimum Gasteiger partial charge on any atom is -0.364 e. The second-order valence-corrected chi connectivity index (χ2v) is 9.23. The molecule has 1 aliphatic heterocycles. The van der Waals surface area contributed by atoms with Gasteiger partial charge in [-0.3, -0.25) is 4.79 Å². The number of nitrogens with zero attached hydrogens (tertiary/aromatic N) is 2. The number of amides is 1. The van der Waals surface area contributed by atoms with Crippen LogP contribution in [0.2, 0.25) is 0 Å². The zero-order valence-electron chi connectivity index (χ0n) is 17.2. The topological polar surface area (TPSA) is 44.7 Å². The average Bonchev–Trinajstić information content (AvgIpc) is 2.61. The molecule has 2 aromatic rings. The summed E-state index contributed by atoms with van der Waals surface area (Å²) in [5.41, 5.74) is 6.93. The van der Waals surface area contributed by atoms with Gasteiger partial charge in [-0.05, 0) is 91.4 Å². The zero-order chi connectivity index (χ0) is 20.5. The van der Waals surface area contributed by atoms with E-state index in [1.54, 1.807) is 12.3 Å². The maximum absolute atomic E-state index is 12.3. The Balaban J connectivity index is 1.80. The fraction of sp³-hybridized carbons (Fsp3) is 0.391. The molecule has 28 heavy (non-hydrogen) atoms. The molecule has 2 aromatic carbocycles. The van der Waals surface area contributed by atoms with Crippen LogP contribution in [0.15, 0.2) is 52.0 Å². The summed E-state index contributed by atoms with van der Waals surface area (Å²) in [6.45, 7) is 11.4. The SMILES string of the molecule is CC1CC(C)(C)N(C(C)C)c2ccc(/C=N/NC(=O)c3ccccc3Br)cc21. The number of carbonyl (C=O) groups excluding carboxylic acids is 1. The summed E-state index contributed by atoms with van der Waals surface area (Å²) in [5.74, 6) is 0.242. The molecule has 1 unspecified atom stereocenters. The van der Waals surface area contributed by atoms with Crippen LogP contribution in [0.5, 0.6) is 0 Å². The number of hydrogen-bond donors (Lipinski definition) is 1. The summed E-state index contributed by atoms with van der Waals surface area (Å²) in [7, 11) is 0. The second-order valence-electron chi connectivity index (χ2n) is 8.38. The third-order valence-electron chi connectivity index (χ3n) is 5.31. The van der Waals surface area contributed by atoms with Gasteiger partial charge in [0.1, 0.15) is 0 Å². The first-order valence-corrected chi connectivity index (χ1v) is 10.5. The van der Waals surface area contributed by atoms with E-state index in [1.807, 2.05) is 18.2 Å². The number of hydrogen-bond acceptors (Lipinski definition) is 3. The summed E-state index contributed by atoms with van der Waals surface area (Å²) < 4.78 is 0.752. The van der Waals surface area contributed by atoms with Crippen molar-refractivity contribution in [2.45, 2.75) is 58.5 Å². The number of hydrazone groups is 1. The van der Waals surface area contributed by atoms with Gasteiger partial charge >= 0.3 is 0 Å². The van der Waals surface area contributed by atoms with Crippen LogP contribution in [0.4, 0.5) is 5.69 Å². The molecular weight excluding hydrogens is 414 g/mol. The van der Waals surface area contributed by atoms with E-state index in [0.717, 1.165) is 16.5 Å². The molecule has 0 spiro atoms. The Morgan fingerprint density at radius 1 is 1.29 bits per heavy atom. The number of nitrogens with one attached hydrogen (secondary N) is 1. The Labute approximate surface area is 176 Å². The number of anilines is 1. The number of benzene rings is 2. The van der Waals surface area contributed by atoms with Gasteiger partial charge in [0.05, 0.1) is 11.8 Å². The number of halogens is 1. The summed E-state index contributed by atoms with van der Waals surface area (Å²) in [6.07, 6.45) is 2.82. The Hall–Kier alpha value is -2.14. The Morgan fingerprint density at radius 3 is 2.68 bits per heavy atom. The summed E-state index contributed by atoms with van der Waals surface area (Å²) in [4.78, 5) is 14.8. The predicted octanol–water partition coefficient (Wildman–Crippen LogP) is 5.71. The largest absolute Gasteiger partial charge is 0.364 e. The molecule has 1 N–H and O–H groups in total. The van der Waals surface area contributed by atoms with Crippen molar-refractivity contribution in [2.24, 2.45) is 5.10 Å². The van der Waals surface area contributed by atoms with Crippen molar-refractivity contribution in [1.29, 1.82) is 0 Å². The molecule has 0 radical (unpaired) electrons. The maximum Gasteiger partial charge on any atom is 0.272 e. The van der Waals surface area contributed by atoms with E-state index in [4.69, 9.17) is 0 Å². The highest BCUT2D eigenvalue weighted by molar-refractivity contribution is 9.10. The highest BCUT2D eigenvalue weighted by Gasteiger charge is 2.37. The smallest absolute Gasteiger partial charge is 0.272 e. The molecular formula is C23H28BrN3O. The average molecular weight is 442 g/mol. The summed E-state index contributed by atoms with van der Waals surface area (Å²) in [6, 6.07) is 14.2. The van der Waals surface area contributed by atoms with Crippen LogP contribution < -0.4 is 10.3 Å².